The summed E-state index contributed by atoms with van der Waals surface area (Å²) >= 11 is 0. The number of carboxylic acid groups (broad SMARTS) is 1. The van der Waals surface area contributed by atoms with Gasteiger partial charge in [0, 0.05) is 12.8 Å². The van der Waals surface area contributed by atoms with Crippen LogP contribution in [0.15, 0.2) is 36.5 Å². The Morgan fingerprint density at radius 2 is 0.875 bits per heavy atom. The highest BCUT2D eigenvalue weighted by atomic mass is 16.5. The lowest BCUT2D eigenvalue weighted by Gasteiger charge is -2.18. The average Bonchev–Trinajstić information content (AvgIpc) is 3.07. The quantitative estimate of drug-likeness (QED) is 0.0403. The Hall–Kier alpha value is -1.84. The maximum atomic E-state index is 12.7. The zero-order valence-corrected chi connectivity index (χ0v) is 32.0. The van der Waals surface area contributed by atoms with Gasteiger partial charge in [-0.15, -0.1) is 0 Å². The first-order valence-electron chi connectivity index (χ1n) is 21.0. The van der Waals surface area contributed by atoms with Gasteiger partial charge in [-0.25, -0.2) is 0 Å². The Morgan fingerprint density at radius 3 is 1.35 bits per heavy atom. The average molecular weight is 673 g/mol. The normalized spacial score (nSPS) is 12.5. The number of unbranched alkanes of at least 4 members (excludes halogenated alkanes) is 23. The summed E-state index contributed by atoms with van der Waals surface area (Å²) in [5.41, 5.74) is 0. The van der Waals surface area contributed by atoms with Crippen molar-refractivity contribution in [1.82, 2.24) is 0 Å². The molecular weight excluding hydrogens is 592 g/mol. The molecule has 0 fully saturated rings. The highest BCUT2D eigenvalue weighted by Gasteiger charge is 2.14. The van der Waals surface area contributed by atoms with E-state index in [1.807, 2.05) is 0 Å². The van der Waals surface area contributed by atoms with Gasteiger partial charge in [-0.2, -0.15) is 0 Å². The summed E-state index contributed by atoms with van der Waals surface area (Å²) in [7, 11) is 0. The molecule has 0 aliphatic rings. The first-order valence-corrected chi connectivity index (χ1v) is 21.0. The predicted molar refractivity (Wildman–Crippen MR) is 209 cm³/mol. The summed E-state index contributed by atoms with van der Waals surface area (Å²) in [5, 5.41) is 8.86. The Kier molecular flexibility index (Phi) is 38.1. The third kappa shape index (κ3) is 38.6. The third-order valence-electron chi connectivity index (χ3n) is 9.38. The number of hydrogen-bond donors (Lipinski definition) is 1. The maximum absolute atomic E-state index is 12.7. The lowest BCUT2D eigenvalue weighted by molar-refractivity contribution is -0.150. The van der Waals surface area contributed by atoms with Gasteiger partial charge < -0.3 is 9.84 Å². The summed E-state index contributed by atoms with van der Waals surface area (Å²) in [6.45, 7) is 4.45. The van der Waals surface area contributed by atoms with Crippen LogP contribution in [0.5, 0.6) is 0 Å². The van der Waals surface area contributed by atoms with E-state index in [0.29, 0.717) is 6.42 Å². The molecule has 1 unspecified atom stereocenters. The molecule has 280 valence electrons. The number of hydrogen-bond acceptors (Lipinski definition) is 3. The highest BCUT2D eigenvalue weighted by molar-refractivity contribution is 5.69. The fourth-order valence-corrected chi connectivity index (χ4v) is 6.32. The van der Waals surface area contributed by atoms with Crippen LogP contribution in [-0.4, -0.2) is 23.1 Å². The molecule has 0 saturated carbocycles. The molecular formula is C44H80O4. The van der Waals surface area contributed by atoms with Crippen LogP contribution in [-0.2, 0) is 14.3 Å². The fraction of sp³-hybridized carbons (Fsp3) is 0.818. The zero-order chi connectivity index (χ0) is 35.0. The van der Waals surface area contributed by atoms with Gasteiger partial charge in [0.15, 0.2) is 0 Å². The molecule has 4 heteroatoms. The maximum Gasteiger partial charge on any atom is 0.306 e. The van der Waals surface area contributed by atoms with E-state index in [2.05, 4.69) is 50.3 Å². The van der Waals surface area contributed by atoms with E-state index in [4.69, 9.17) is 9.84 Å². The Bertz CT molecular complexity index is 768. The third-order valence-corrected chi connectivity index (χ3v) is 9.38. The first-order chi connectivity index (χ1) is 23.6. The van der Waals surface area contributed by atoms with Crippen molar-refractivity contribution < 1.29 is 19.4 Å². The van der Waals surface area contributed by atoms with Gasteiger partial charge in [0.2, 0.25) is 0 Å². The number of allylic oxidation sites excluding steroid dienone is 6. The van der Waals surface area contributed by atoms with Crippen molar-refractivity contribution >= 4 is 11.9 Å². The minimum Gasteiger partial charge on any atom is -0.481 e. The van der Waals surface area contributed by atoms with Gasteiger partial charge in [0.1, 0.15) is 6.10 Å². The number of carboxylic acids is 1. The molecule has 0 heterocycles. The smallest absolute Gasteiger partial charge is 0.306 e. The molecule has 1 atom stereocenters. The molecule has 0 aliphatic carbocycles. The van der Waals surface area contributed by atoms with Crippen molar-refractivity contribution in [1.29, 1.82) is 0 Å². The van der Waals surface area contributed by atoms with Crippen molar-refractivity contribution in [3.05, 3.63) is 36.5 Å². The number of aliphatic carboxylic acids is 1. The van der Waals surface area contributed by atoms with Crippen molar-refractivity contribution in [2.75, 3.05) is 0 Å². The Labute approximate surface area is 299 Å². The highest BCUT2D eigenvalue weighted by Crippen LogP contribution is 2.19. The number of carbonyl (C=O) groups is 2. The van der Waals surface area contributed by atoms with E-state index in [9.17, 15) is 9.59 Å². The van der Waals surface area contributed by atoms with E-state index in [0.717, 1.165) is 77.0 Å². The number of esters is 1. The second-order valence-electron chi connectivity index (χ2n) is 14.2. The van der Waals surface area contributed by atoms with Crippen LogP contribution in [0.3, 0.4) is 0 Å². The van der Waals surface area contributed by atoms with E-state index in [-0.39, 0.29) is 18.5 Å². The summed E-state index contributed by atoms with van der Waals surface area (Å²) in [6, 6.07) is 0. The molecule has 4 nitrogen and oxygen atoms in total. The van der Waals surface area contributed by atoms with Gasteiger partial charge in [-0.05, 0) is 70.6 Å². The lowest BCUT2D eigenvalue weighted by Crippen LogP contribution is -2.18. The molecule has 0 aromatic heterocycles. The molecule has 48 heavy (non-hydrogen) atoms. The minimum absolute atomic E-state index is 0.0148. The van der Waals surface area contributed by atoms with E-state index < -0.39 is 5.97 Å². The molecule has 0 bridgehead atoms. The van der Waals surface area contributed by atoms with Crippen LogP contribution < -0.4 is 0 Å². The molecule has 0 saturated heterocycles. The topological polar surface area (TPSA) is 63.6 Å². The van der Waals surface area contributed by atoms with Crippen LogP contribution in [0.2, 0.25) is 0 Å². The van der Waals surface area contributed by atoms with Crippen molar-refractivity contribution in [3.8, 4) is 0 Å². The van der Waals surface area contributed by atoms with Gasteiger partial charge in [0.05, 0.1) is 0 Å². The summed E-state index contributed by atoms with van der Waals surface area (Å²) in [6.07, 6.45) is 51.7. The SMILES string of the molecule is CC/C=C\C/C=C\C/C=C\CCCCCCCCCCCC(=O)OC(CCCCCCCCCCCCCC)CCCCCCC(=O)O. The lowest BCUT2D eigenvalue weighted by atomic mass is 10.0. The van der Waals surface area contributed by atoms with E-state index in [1.54, 1.807) is 0 Å². The van der Waals surface area contributed by atoms with Crippen LogP contribution in [0.1, 0.15) is 226 Å². The summed E-state index contributed by atoms with van der Waals surface area (Å²) < 4.78 is 5.99. The van der Waals surface area contributed by atoms with Crippen molar-refractivity contribution in [3.63, 3.8) is 0 Å². The zero-order valence-electron chi connectivity index (χ0n) is 32.0. The standard InChI is InChI=1S/C44H80O4/c1-3-5-7-9-11-13-15-17-18-19-20-21-22-23-25-27-29-31-37-41-44(47)48-42(39-35-32-33-36-40-43(45)46)38-34-30-28-26-24-16-14-12-10-8-6-4-2/h5,7,11,13,17-18,42H,3-4,6,8-10,12,14-16,19-41H2,1-2H3,(H,45,46)/b7-5-,13-11-,18-17-. The van der Waals surface area contributed by atoms with Gasteiger partial charge in [-0.1, -0.05) is 179 Å². The Balaban J connectivity index is 3.93. The summed E-state index contributed by atoms with van der Waals surface area (Å²) in [5.74, 6) is -0.725. The first kappa shape index (κ1) is 46.2. The number of rotatable bonds is 38. The second-order valence-corrected chi connectivity index (χ2v) is 14.2. The van der Waals surface area contributed by atoms with Gasteiger partial charge >= 0.3 is 11.9 Å². The molecule has 0 aromatic carbocycles. The van der Waals surface area contributed by atoms with Crippen molar-refractivity contribution in [2.45, 2.75) is 232 Å². The van der Waals surface area contributed by atoms with Gasteiger partial charge in [0.25, 0.3) is 0 Å². The predicted octanol–water partition coefficient (Wildman–Crippen LogP) is 14.6. The summed E-state index contributed by atoms with van der Waals surface area (Å²) in [4.78, 5) is 23.4. The molecule has 0 aromatic rings. The monoisotopic (exact) mass is 673 g/mol. The molecule has 0 spiro atoms. The van der Waals surface area contributed by atoms with Crippen LogP contribution >= 0.6 is 0 Å². The van der Waals surface area contributed by atoms with Crippen LogP contribution in [0, 0.1) is 0 Å². The largest absolute Gasteiger partial charge is 0.481 e. The molecule has 0 radical (unpaired) electrons. The molecule has 0 rings (SSSR count). The van der Waals surface area contributed by atoms with Crippen molar-refractivity contribution in [2.24, 2.45) is 0 Å². The van der Waals surface area contributed by atoms with E-state index >= 15 is 0 Å². The van der Waals surface area contributed by atoms with Gasteiger partial charge in [-0.3, -0.25) is 9.59 Å². The van der Waals surface area contributed by atoms with E-state index in [1.165, 1.54) is 122 Å². The molecule has 1 N–H and O–H groups in total. The second kappa shape index (κ2) is 39.6. The number of carbonyl (C=O) groups excluding carboxylic acids is 1. The molecule has 0 amide bonds. The van der Waals surface area contributed by atoms with Crippen LogP contribution in [0.25, 0.3) is 0 Å². The Morgan fingerprint density at radius 1 is 0.479 bits per heavy atom. The fourth-order valence-electron chi connectivity index (χ4n) is 6.32. The minimum atomic E-state index is -0.710. The number of ether oxygens (including phenoxy) is 1. The molecule has 0 aliphatic heterocycles. The van der Waals surface area contributed by atoms with Crippen LogP contribution in [0.4, 0.5) is 0 Å².